The lowest BCUT2D eigenvalue weighted by Crippen LogP contribution is -2.28. The van der Waals surface area contributed by atoms with Gasteiger partial charge >= 0.3 is 0 Å². The lowest BCUT2D eigenvalue weighted by Gasteiger charge is -2.11. The molecule has 0 atom stereocenters. The fraction of sp³-hybridized carbons (Fsp3) is 0.462. The molecule has 1 amide bonds. The van der Waals surface area contributed by atoms with Crippen LogP contribution >= 0.6 is 0 Å². The summed E-state index contributed by atoms with van der Waals surface area (Å²) < 4.78 is 5.12. The van der Waals surface area contributed by atoms with Crippen LogP contribution in [-0.2, 0) is 4.74 Å². The quantitative estimate of drug-likeness (QED) is 0.430. The first-order valence-corrected chi connectivity index (χ1v) is 6.49. The van der Waals surface area contributed by atoms with Crippen molar-refractivity contribution in [2.24, 2.45) is 0 Å². The zero-order valence-corrected chi connectivity index (χ0v) is 11.6. The van der Waals surface area contributed by atoms with E-state index in [-0.39, 0.29) is 22.8 Å². The van der Waals surface area contributed by atoms with Gasteiger partial charge in [-0.15, -0.1) is 0 Å². The first-order valence-electron chi connectivity index (χ1n) is 6.49. The van der Waals surface area contributed by atoms with Gasteiger partial charge in [-0.2, -0.15) is 0 Å². The maximum atomic E-state index is 12.0. The molecule has 0 aliphatic heterocycles. The number of carbonyl (C=O) groups excluding carboxylic acids is 1. The number of amides is 1. The van der Waals surface area contributed by atoms with E-state index in [0.717, 1.165) is 0 Å². The molecular formula is C13H19N3O4. The number of hydrogen-bond acceptors (Lipinski definition) is 5. The molecule has 0 fully saturated rings. The summed E-state index contributed by atoms with van der Waals surface area (Å²) in [4.78, 5) is 22.5. The van der Waals surface area contributed by atoms with Gasteiger partial charge in [0.05, 0.1) is 17.1 Å². The topological polar surface area (TPSA) is 93.5 Å². The summed E-state index contributed by atoms with van der Waals surface area (Å²) in [5.74, 6) is -0.357. The third kappa shape index (κ3) is 4.20. The van der Waals surface area contributed by atoms with Gasteiger partial charge in [-0.3, -0.25) is 14.9 Å². The van der Waals surface area contributed by atoms with Crippen LogP contribution in [0, 0.1) is 10.1 Å². The van der Waals surface area contributed by atoms with Crippen LogP contribution in [0.15, 0.2) is 18.2 Å². The molecule has 7 nitrogen and oxygen atoms in total. The van der Waals surface area contributed by atoms with E-state index in [1.807, 2.05) is 13.8 Å². The number of nitrogens with one attached hydrogen (secondary N) is 2. The Labute approximate surface area is 117 Å². The number of nitro groups is 1. The van der Waals surface area contributed by atoms with Gasteiger partial charge < -0.3 is 15.4 Å². The van der Waals surface area contributed by atoms with Crippen molar-refractivity contribution in [3.8, 4) is 0 Å². The standard InChI is InChI=1S/C13H19N3O4/c1-3-14-12-10(6-5-7-11(12)16(18)19)13(17)15-8-9-20-4-2/h5-7,14H,3-4,8-9H2,1-2H3,(H,15,17). The highest BCUT2D eigenvalue weighted by Gasteiger charge is 2.20. The van der Waals surface area contributed by atoms with E-state index in [9.17, 15) is 14.9 Å². The van der Waals surface area contributed by atoms with Gasteiger partial charge in [0.25, 0.3) is 11.6 Å². The molecule has 0 bridgehead atoms. The molecule has 1 aromatic rings. The minimum Gasteiger partial charge on any atom is -0.380 e. The maximum absolute atomic E-state index is 12.0. The predicted molar refractivity (Wildman–Crippen MR) is 76.1 cm³/mol. The zero-order valence-electron chi connectivity index (χ0n) is 11.6. The summed E-state index contributed by atoms with van der Waals surface area (Å²) in [5, 5.41) is 16.5. The van der Waals surface area contributed by atoms with Crippen LogP contribution < -0.4 is 10.6 Å². The highest BCUT2D eigenvalue weighted by Crippen LogP contribution is 2.28. The molecule has 7 heteroatoms. The lowest BCUT2D eigenvalue weighted by atomic mass is 10.1. The Balaban J connectivity index is 2.89. The summed E-state index contributed by atoms with van der Waals surface area (Å²) in [6.07, 6.45) is 0. The molecular weight excluding hydrogens is 262 g/mol. The van der Waals surface area contributed by atoms with Gasteiger partial charge in [0.15, 0.2) is 0 Å². The summed E-state index contributed by atoms with van der Waals surface area (Å²) in [7, 11) is 0. The predicted octanol–water partition coefficient (Wildman–Crippen LogP) is 1.79. The molecule has 0 aliphatic rings. The molecule has 0 radical (unpaired) electrons. The number of benzene rings is 1. The largest absolute Gasteiger partial charge is 0.380 e. The Hall–Kier alpha value is -2.15. The van der Waals surface area contributed by atoms with E-state index >= 15 is 0 Å². The number of hydrogen-bond donors (Lipinski definition) is 2. The molecule has 110 valence electrons. The van der Waals surface area contributed by atoms with Crippen LogP contribution in [0.1, 0.15) is 24.2 Å². The fourth-order valence-corrected chi connectivity index (χ4v) is 1.72. The van der Waals surface area contributed by atoms with Crippen LogP contribution in [0.5, 0.6) is 0 Å². The van der Waals surface area contributed by atoms with Crippen molar-refractivity contribution in [1.29, 1.82) is 0 Å². The van der Waals surface area contributed by atoms with Crippen LogP contribution in [-0.4, -0.2) is 37.1 Å². The maximum Gasteiger partial charge on any atom is 0.293 e. The Bertz CT molecular complexity index is 477. The van der Waals surface area contributed by atoms with E-state index < -0.39 is 4.92 Å². The molecule has 0 heterocycles. The van der Waals surface area contributed by atoms with Crippen molar-refractivity contribution < 1.29 is 14.5 Å². The number of carbonyl (C=O) groups is 1. The van der Waals surface area contributed by atoms with Crippen molar-refractivity contribution in [3.63, 3.8) is 0 Å². The van der Waals surface area contributed by atoms with Gasteiger partial charge in [-0.05, 0) is 19.9 Å². The van der Waals surface area contributed by atoms with Crippen LogP contribution in [0.4, 0.5) is 11.4 Å². The smallest absolute Gasteiger partial charge is 0.293 e. The SMILES string of the molecule is CCNc1c(C(=O)NCCOCC)cccc1[N+](=O)[O-]. The second-order valence-electron chi connectivity index (χ2n) is 3.94. The minimum atomic E-state index is -0.505. The zero-order chi connectivity index (χ0) is 15.0. The van der Waals surface area contributed by atoms with Gasteiger partial charge in [0, 0.05) is 25.8 Å². The number of nitrogens with zero attached hydrogens (tertiary/aromatic N) is 1. The van der Waals surface area contributed by atoms with Crippen molar-refractivity contribution >= 4 is 17.3 Å². The molecule has 0 spiro atoms. The van der Waals surface area contributed by atoms with Gasteiger partial charge in [0.1, 0.15) is 5.69 Å². The third-order valence-electron chi connectivity index (χ3n) is 2.57. The van der Waals surface area contributed by atoms with E-state index in [2.05, 4.69) is 10.6 Å². The van der Waals surface area contributed by atoms with E-state index in [0.29, 0.717) is 26.3 Å². The van der Waals surface area contributed by atoms with Crippen LogP contribution in [0.25, 0.3) is 0 Å². The number of para-hydroxylation sites is 1. The van der Waals surface area contributed by atoms with Crippen molar-refractivity contribution in [2.75, 3.05) is 31.6 Å². The second-order valence-corrected chi connectivity index (χ2v) is 3.94. The molecule has 20 heavy (non-hydrogen) atoms. The molecule has 1 rings (SSSR count). The lowest BCUT2D eigenvalue weighted by molar-refractivity contribution is -0.384. The van der Waals surface area contributed by atoms with Gasteiger partial charge in [-0.25, -0.2) is 0 Å². The van der Waals surface area contributed by atoms with E-state index in [1.54, 1.807) is 6.07 Å². The summed E-state index contributed by atoms with van der Waals surface area (Å²) in [6.45, 7) is 5.52. The first kappa shape index (κ1) is 15.9. The summed E-state index contributed by atoms with van der Waals surface area (Å²) in [6, 6.07) is 4.42. The highest BCUT2D eigenvalue weighted by atomic mass is 16.6. The monoisotopic (exact) mass is 281 g/mol. The third-order valence-corrected chi connectivity index (χ3v) is 2.57. The average Bonchev–Trinajstić information content (AvgIpc) is 2.43. The molecule has 0 aromatic heterocycles. The summed E-state index contributed by atoms with van der Waals surface area (Å²) >= 11 is 0. The molecule has 0 unspecified atom stereocenters. The van der Waals surface area contributed by atoms with Gasteiger partial charge in [-0.1, -0.05) is 6.07 Å². The Morgan fingerprint density at radius 2 is 2.15 bits per heavy atom. The Morgan fingerprint density at radius 3 is 2.75 bits per heavy atom. The number of nitro benzene ring substituents is 1. The number of anilines is 1. The van der Waals surface area contributed by atoms with Crippen LogP contribution in [0.2, 0.25) is 0 Å². The number of rotatable bonds is 8. The minimum absolute atomic E-state index is 0.107. The van der Waals surface area contributed by atoms with Crippen molar-refractivity contribution in [2.45, 2.75) is 13.8 Å². The van der Waals surface area contributed by atoms with Gasteiger partial charge in [0.2, 0.25) is 0 Å². The van der Waals surface area contributed by atoms with E-state index in [1.165, 1.54) is 12.1 Å². The molecule has 0 saturated heterocycles. The molecule has 2 N–H and O–H groups in total. The second kappa shape index (κ2) is 8.11. The molecule has 1 aromatic carbocycles. The fourth-order valence-electron chi connectivity index (χ4n) is 1.72. The molecule has 0 saturated carbocycles. The molecule has 0 aliphatic carbocycles. The van der Waals surface area contributed by atoms with Crippen molar-refractivity contribution in [1.82, 2.24) is 5.32 Å². The average molecular weight is 281 g/mol. The number of ether oxygens (including phenoxy) is 1. The highest BCUT2D eigenvalue weighted by molar-refractivity contribution is 6.01. The normalized spacial score (nSPS) is 10.1. The summed E-state index contributed by atoms with van der Waals surface area (Å²) in [5.41, 5.74) is 0.399. The van der Waals surface area contributed by atoms with E-state index in [4.69, 9.17) is 4.74 Å². The Morgan fingerprint density at radius 1 is 1.40 bits per heavy atom. The first-order chi connectivity index (χ1) is 9.61. The van der Waals surface area contributed by atoms with Crippen LogP contribution in [0.3, 0.4) is 0 Å². The Kier molecular flexibility index (Phi) is 6.45. The van der Waals surface area contributed by atoms with Crippen molar-refractivity contribution in [3.05, 3.63) is 33.9 Å².